The van der Waals surface area contributed by atoms with Crippen LogP contribution in [0, 0.1) is 0 Å². The zero-order valence-electron chi connectivity index (χ0n) is 11.9. The molecule has 0 radical (unpaired) electrons. The average molecular weight is 275 g/mol. The second-order valence-electron chi connectivity index (χ2n) is 5.44. The monoisotopic (exact) mass is 275 g/mol. The van der Waals surface area contributed by atoms with Crippen LogP contribution in [0.15, 0.2) is 6.07 Å². The van der Waals surface area contributed by atoms with Gasteiger partial charge in [0.05, 0.1) is 6.54 Å². The molecule has 1 saturated carbocycles. The summed E-state index contributed by atoms with van der Waals surface area (Å²) < 4.78 is 0. The summed E-state index contributed by atoms with van der Waals surface area (Å²) in [4.78, 5) is 22.8. The summed E-state index contributed by atoms with van der Waals surface area (Å²) in [7, 11) is 0. The van der Waals surface area contributed by atoms with E-state index < -0.39 is 0 Å². The van der Waals surface area contributed by atoms with Crippen LogP contribution in [0.5, 0.6) is 0 Å². The molecule has 6 heteroatoms. The number of aromatic nitrogens is 2. The third-order valence-electron chi connectivity index (χ3n) is 3.59. The van der Waals surface area contributed by atoms with E-state index in [9.17, 15) is 4.79 Å². The van der Waals surface area contributed by atoms with Gasteiger partial charge in [0, 0.05) is 31.6 Å². The lowest BCUT2D eigenvalue weighted by atomic mass is 10.3. The van der Waals surface area contributed by atoms with E-state index in [0.717, 1.165) is 37.0 Å². The molecule has 0 bridgehead atoms. The second kappa shape index (κ2) is 5.64. The van der Waals surface area contributed by atoms with Crippen LogP contribution in [0.4, 0.5) is 11.6 Å². The van der Waals surface area contributed by atoms with E-state index in [4.69, 9.17) is 0 Å². The van der Waals surface area contributed by atoms with Crippen molar-refractivity contribution >= 4 is 17.5 Å². The molecule has 2 fully saturated rings. The molecule has 1 saturated heterocycles. The molecule has 0 atom stereocenters. The van der Waals surface area contributed by atoms with Crippen LogP contribution in [0.3, 0.4) is 0 Å². The van der Waals surface area contributed by atoms with Crippen molar-refractivity contribution in [3.05, 3.63) is 11.9 Å². The van der Waals surface area contributed by atoms with Crippen LogP contribution in [0.2, 0.25) is 0 Å². The van der Waals surface area contributed by atoms with Crippen LogP contribution in [0.1, 0.15) is 37.9 Å². The van der Waals surface area contributed by atoms with E-state index in [-0.39, 0.29) is 5.91 Å². The first-order valence-electron chi connectivity index (χ1n) is 7.40. The minimum atomic E-state index is 0.0610. The minimum absolute atomic E-state index is 0.0610. The first-order valence-corrected chi connectivity index (χ1v) is 7.40. The topological polar surface area (TPSA) is 70.2 Å². The highest BCUT2D eigenvalue weighted by Gasteiger charge is 2.28. The first kappa shape index (κ1) is 13.1. The highest BCUT2D eigenvalue weighted by atomic mass is 16.2. The lowest BCUT2D eigenvalue weighted by Crippen LogP contribution is -2.48. The van der Waals surface area contributed by atoms with Crippen LogP contribution in [0.25, 0.3) is 0 Å². The van der Waals surface area contributed by atoms with Crippen molar-refractivity contribution < 1.29 is 4.79 Å². The van der Waals surface area contributed by atoms with E-state index in [1.54, 1.807) is 0 Å². The maximum atomic E-state index is 11.5. The fraction of sp³-hybridized carbons (Fsp3) is 0.643. The number of nitrogens with one attached hydrogen (secondary N) is 2. The van der Waals surface area contributed by atoms with Crippen LogP contribution in [-0.4, -0.2) is 42.1 Å². The van der Waals surface area contributed by atoms with Crippen molar-refractivity contribution in [1.82, 2.24) is 15.3 Å². The second-order valence-corrected chi connectivity index (χ2v) is 5.44. The van der Waals surface area contributed by atoms with Crippen molar-refractivity contribution in [2.24, 2.45) is 0 Å². The first-order chi connectivity index (χ1) is 9.76. The van der Waals surface area contributed by atoms with Crippen molar-refractivity contribution in [1.29, 1.82) is 0 Å². The summed E-state index contributed by atoms with van der Waals surface area (Å²) in [5.41, 5.74) is 0. The molecule has 1 aliphatic heterocycles. The molecule has 3 rings (SSSR count). The van der Waals surface area contributed by atoms with Gasteiger partial charge in [0.15, 0.2) is 0 Å². The van der Waals surface area contributed by atoms with Gasteiger partial charge in [-0.3, -0.25) is 4.79 Å². The normalized spacial score (nSPS) is 18.9. The predicted molar refractivity (Wildman–Crippen MR) is 78.0 cm³/mol. The van der Waals surface area contributed by atoms with Gasteiger partial charge in [-0.05, 0) is 19.3 Å². The Labute approximate surface area is 119 Å². The molecule has 1 amide bonds. The number of piperazine rings is 1. The maximum Gasteiger partial charge on any atom is 0.239 e. The molecule has 2 N–H and O–H groups in total. The lowest BCUT2D eigenvalue weighted by molar-refractivity contribution is -0.120. The zero-order valence-corrected chi connectivity index (χ0v) is 11.9. The van der Waals surface area contributed by atoms with Gasteiger partial charge in [-0.1, -0.05) is 6.92 Å². The van der Waals surface area contributed by atoms with Gasteiger partial charge in [0.2, 0.25) is 5.91 Å². The van der Waals surface area contributed by atoms with Crippen molar-refractivity contribution in [3.8, 4) is 0 Å². The number of carbonyl (C=O) groups is 1. The molecule has 0 spiro atoms. The fourth-order valence-corrected chi connectivity index (χ4v) is 2.32. The van der Waals surface area contributed by atoms with E-state index in [2.05, 4.69) is 27.5 Å². The van der Waals surface area contributed by atoms with Gasteiger partial charge in [-0.2, -0.15) is 0 Å². The van der Waals surface area contributed by atoms with Gasteiger partial charge >= 0.3 is 0 Å². The molecule has 0 unspecified atom stereocenters. The SMILES string of the molecule is CCCNc1cc(N2CCNC(=O)C2)nc(C2CC2)n1. The summed E-state index contributed by atoms with van der Waals surface area (Å²) >= 11 is 0. The Morgan fingerprint density at radius 2 is 2.30 bits per heavy atom. The van der Waals surface area contributed by atoms with E-state index in [1.807, 2.05) is 11.0 Å². The van der Waals surface area contributed by atoms with Crippen LogP contribution in [-0.2, 0) is 4.79 Å². The highest BCUT2D eigenvalue weighted by molar-refractivity contribution is 5.82. The number of anilines is 2. The summed E-state index contributed by atoms with van der Waals surface area (Å²) in [6.45, 7) is 4.90. The average Bonchev–Trinajstić information content (AvgIpc) is 3.29. The molecule has 20 heavy (non-hydrogen) atoms. The largest absolute Gasteiger partial charge is 0.370 e. The van der Waals surface area contributed by atoms with Gasteiger partial charge in [-0.25, -0.2) is 9.97 Å². The van der Waals surface area contributed by atoms with Crippen LogP contribution < -0.4 is 15.5 Å². The van der Waals surface area contributed by atoms with Gasteiger partial charge in [0.1, 0.15) is 17.5 Å². The molecule has 1 aromatic rings. The Hall–Kier alpha value is -1.85. The van der Waals surface area contributed by atoms with Gasteiger partial charge in [0.25, 0.3) is 0 Å². The predicted octanol–water partition coefficient (Wildman–Crippen LogP) is 1.11. The fourth-order valence-electron chi connectivity index (χ4n) is 2.32. The summed E-state index contributed by atoms with van der Waals surface area (Å²) in [6.07, 6.45) is 3.42. The molecule has 2 aliphatic rings. The molecule has 1 aromatic heterocycles. The van der Waals surface area contributed by atoms with Crippen molar-refractivity contribution in [3.63, 3.8) is 0 Å². The smallest absolute Gasteiger partial charge is 0.239 e. The summed E-state index contributed by atoms with van der Waals surface area (Å²) in [5.74, 6) is 3.24. The summed E-state index contributed by atoms with van der Waals surface area (Å²) in [6, 6.07) is 1.96. The van der Waals surface area contributed by atoms with Crippen molar-refractivity contribution in [2.75, 3.05) is 36.4 Å². The van der Waals surface area contributed by atoms with Gasteiger partial charge < -0.3 is 15.5 Å². The Kier molecular flexibility index (Phi) is 3.71. The minimum Gasteiger partial charge on any atom is -0.370 e. The third-order valence-corrected chi connectivity index (χ3v) is 3.59. The Morgan fingerprint density at radius 1 is 1.45 bits per heavy atom. The number of nitrogens with zero attached hydrogens (tertiary/aromatic N) is 3. The van der Waals surface area contributed by atoms with Crippen molar-refractivity contribution in [2.45, 2.75) is 32.1 Å². The van der Waals surface area contributed by atoms with E-state index >= 15 is 0 Å². The number of hydrogen-bond acceptors (Lipinski definition) is 5. The van der Waals surface area contributed by atoms with E-state index in [0.29, 0.717) is 19.0 Å². The Bertz CT molecular complexity index is 500. The standard InChI is InChI=1S/C14H21N5O/c1-2-5-15-11-8-12(18-14(17-11)10-3-4-10)19-7-6-16-13(20)9-19/h8,10H,2-7,9H2,1H3,(H,16,20)(H,15,17,18). The molecule has 6 nitrogen and oxygen atoms in total. The highest BCUT2D eigenvalue weighted by Crippen LogP contribution is 2.39. The van der Waals surface area contributed by atoms with Gasteiger partial charge in [-0.15, -0.1) is 0 Å². The maximum absolute atomic E-state index is 11.5. The Balaban J connectivity index is 1.84. The number of amides is 1. The molecular formula is C14H21N5O. The quantitative estimate of drug-likeness (QED) is 0.842. The summed E-state index contributed by atoms with van der Waals surface area (Å²) in [5, 5.41) is 6.17. The van der Waals surface area contributed by atoms with Crippen LogP contribution >= 0.6 is 0 Å². The molecule has 2 heterocycles. The van der Waals surface area contributed by atoms with E-state index in [1.165, 1.54) is 12.8 Å². The Morgan fingerprint density at radius 3 is 3.00 bits per heavy atom. The number of rotatable bonds is 5. The lowest BCUT2D eigenvalue weighted by Gasteiger charge is -2.28. The molecule has 0 aromatic carbocycles. The molecular weight excluding hydrogens is 254 g/mol. The number of carbonyl (C=O) groups excluding carboxylic acids is 1. The number of hydrogen-bond donors (Lipinski definition) is 2. The molecule has 1 aliphatic carbocycles. The zero-order chi connectivity index (χ0) is 13.9. The molecule has 108 valence electrons. The third kappa shape index (κ3) is 3.00.